The van der Waals surface area contributed by atoms with Crippen LogP contribution in [0.5, 0.6) is 0 Å². The molecule has 0 aromatic rings. The molecule has 0 rings (SSSR count). The molecule has 4 heteroatoms. The van der Waals surface area contributed by atoms with Gasteiger partial charge in [-0.2, -0.15) is 0 Å². The van der Waals surface area contributed by atoms with Crippen LogP contribution in [0.15, 0.2) is 12.2 Å². The predicted octanol–water partition coefficient (Wildman–Crippen LogP) is -5.36. The molecular weight excluding hydrogens is 226 g/mol. The van der Waals surface area contributed by atoms with Gasteiger partial charge in [-0.25, -0.2) is 0 Å². The van der Waals surface area contributed by atoms with E-state index >= 15 is 0 Å². The monoisotopic (exact) mass is 229 g/mol. The van der Waals surface area contributed by atoms with Crippen LogP contribution < -0.4 is 24.8 Å². The second-order valence-corrected chi connectivity index (χ2v) is 2.23. The summed E-state index contributed by atoms with van der Waals surface area (Å²) in [6, 6.07) is 0. The maximum absolute atomic E-state index is 10.1. The predicted molar refractivity (Wildman–Crippen MR) is 19.8 cm³/mol. The molecular formula is C4H5Cl2OZr. The molecule has 0 aromatic carbocycles. The van der Waals surface area contributed by atoms with Gasteiger partial charge in [0.25, 0.3) is 0 Å². The molecule has 0 heterocycles. The molecule has 0 aromatic heterocycles. The number of rotatable bonds is 1. The molecule has 0 fully saturated rings. The quantitative estimate of drug-likeness (QED) is 0.412. The minimum atomic E-state index is 0. The Morgan fingerprint density at radius 3 is 1.62 bits per heavy atom. The van der Waals surface area contributed by atoms with Crippen LogP contribution in [-0.2, 0) is 29.5 Å². The van der Waals surface area contributed by atoms with Crippen molar-refractivity contribution in [3.05, 3.63) is 12.2 Å². The minimum absolute atomic E-state index is 0. The second-order valence-electron chi connectivity index (χ2n) is 1.11. The van der Waals surface area contributed by atoms with Crippen LogP contribution in [0.4, 0.5) is 0 Å². The Labute approximate surface area is 76.6 Å². The molecule has 0 spiro atoms. The largest absolute Gasteiger partial charge is 1.00 e. The first-order chi connectivity index (χ1) is 2.64. The topological polar surface area (TPSA) is 17.1 Å². The smallest absolute Gasteiger partial charge is 1.00 e. The van der Waals surface area contributed by atoms with E-state index in [0.29, 0.717) is 5.57 Å². The van der Waals surface area contributed by atoms with Crippen LogP contribution in [0.25, 0.3) is 0 Å². The Balaban J connectivity index is -0.000000125. The molecule has 0 atom stereocenters. The fourth-order valence-electron chi connectivity index (χ4n) is 0. The standard InChI is InChI=1S/C4H5O.2ClH.Zr/c1-4(2)3-5;;;/h1H2,2H3;2*1H;/q;;;+2/p-2. The molecule has 0 saturated carbocycles. The first-order valence-corrected chi connectivity index (χ1v) is 2.79. The van der Waals surface area contributed by atoms with E-state index in [0.717, 1.165) is 24.7 Å². The molecule has 0 aliphatic rings. The first kappa shape index (κ1) is 15.9. The normalized spacial score (nSPS) is 5.88. The van der Waals surface area contributed by atoms with Crippen LogP contribution in [0.2, 0.25) is 0 Å². The molecule has 45 valence electrons. The van der Waals surface area contributed by atoms with E-state index < -0.39 is 0 Å². The van der Waals surface area contributed by atoms with Gasteiger partial charge < -0.3 is 24.8 Å². The molecule has 1 nitrogen and oxygen atoms in total. The third-order valence-corrected chi connectivity index (χ3v) is 1.44. The van der Waals surface area contributed by atoms with E-state index in [1.54, 1.807) is 6.92 Å². The number of allylic oxidation sites excluding steroid dienone is 1. The van der Waals surface area contributed by atoms with Gasteiger partial charge in [-0.15, -0.1) is 0 Å². The number of hydrogen-bond acceptors (Lipinski definition) is 1. The summed E-state index contributed by atoms with van der Waals surface area (Å²) in [5, 5.41) is 0. The fraction of sp³-hybridized carbons (Fsp3) is 0.250. The van der Waals surface area contributed by atoms with Crippen LogP contribution >= 0.6 is 0 Å². The van der Waals surface area contributed by atoms with Crippen molar-refractivity contribution < 1.29 is 54.3 Å². The zero-order valence-electron chi connectivity index (χ0n) is 4.37. The third kappa shape index (κ3) is 9.98. The maximum atomic E-state index is 10.1. The fourth-order valence-corrected chi connectivity index (χ4v) is 0. The summed E-state index contributed by atoms with van der Waals surface area (Å²) in [6.07, 6.45) is 0. The van der Waals surface area contributed by atoms with Crippen molar-refractivity contribution in [1.29, 1.82) is 0 Å². The molecule has 0 N–H and O–H groups in total. The van der Waals surface area contributed by atoms with Crippen molar-refractivity contribution in [3.63, 3.8) is 0 Å². The van der Waals surface area contributed by atoms with E-state index in [1.807, 2.05) is 0 Å². The van der Waals surface area contributed by atoms with E-state index in [4.69, 9.17) is 0 Å². The number of halogens is 2. The van der Waals surface area contributed by atoms with Gasteiger partial charge in [0.2, 0.25) is 0 Å². The molecule has 8 heavy (non-hydrogen) atoms. The van der Waals surface area contributed by atoms with Gasteiger partial charge in [0.05, 0.1) is 0 Å². The van der Waals surface area contributed by atoms with Crippen LogP contribution in [0, 0.1) is 0 Å². The van der Waals surface area contributed by atoms with Gasteiger partial charge in [0.1, 0.15) is 0 Å². The zero-order chi connectivity index (χ0) is 5.15. The molecule has 0 amide bonds. The zero-order valence-corrected chi connectivity index (χ0v) is 8.34. The summed E-state index contributed by atoms with van der Waals surface area (Å²) in [5.41, 5.74) is 0.660. The van der Waals surface area contributed by atoms with Crippen molar-refractivity contribution >= 4 is 3.49 Å². The van der Waals surface area contributed by atoms with E-state index in [9.17, 15) is 4.79 Å². The Hall–Kier alpha value is 0.873. The minimum Gasteiger partial charge on any atom is -1.00 e. The summed E-state index contributed by atoms with van der Waals surface area (Å²) >= 11 is 0.927. The van der Waals surface area contributed by atoms with Crippen LogP contribution in [0.1, 0.15) is 6.92 Å². The van der Waals surface area contributed by atoms with Crippen molar-refractivity contribution in [1.82, 2.24) is 0 Å². The number of carbonyl (C=O) groups excluding carboxylic acids is 1. The molecule has 0 bridgehead atoms. The summed E-state index contributed by atoms with van der Waals surface area (Å²) in [5.74, 6) is 0. The third-order valence-electron chi connectivity index (χ3n) is 0.388. The molecule has 0 saturated heterocycles. The van der Waals surface area contributed by atoms with Gasteiger partial charge in [-0.05, 0) is 0 Å². The summed E-state index contributed by atoms with van der Waals surface area (Å²) in [7, 11) is 0. The summed E-state index contributed by atoms with van der Waals surface area (Å²) < 4.78 is 0.155. The van der Waals surface area contributed by atoms with Gasteiger partial charge in [0, 0.05) is 0 Å². The first-order valence-electron chi connectivity index (χ1n) is 1.56. The van der Waals surface area contributed by atoms with Crippen molar-refractivity contribution in [2.24, 2.45) is 0 Å². The van der Waals surface area contributed by atoms with Gasteiger partial charge in [0.15, 0.2) is 0 Å². The Morgan fingerprint density at radius 1 is 1.50 bits per heavy atom. The Morgan fingerprint density at radius 2 is 1.62 bits per heavy atom. The second kappa shape index (κ2) is 7.87. The summed E-state index contributed by atoms with van der Waals surface area (Å²) in [6.45, 7) is 5.15. The van der Waals surface area contributed by atoms with E-state index in [-0.39, 0.29) is 28.3 Å². The van der Waals surface area contributed by atoms with Crippen LogP contribution in [0.3, 0.4) is 0 Å². The van der Waals surface area contributed by atoms with Crippen molar-refractivity contribution in [2.45, 2.75) is 6.92 Å². The number of carbonyl (C=O) groups is 1. The van der Waals surface area contributed by atoms with Crippen molar-refractivity contribution in [2.75, 3.05) is 0 Å². The Kier molecular flexibility index (Phi) is 15.7. The average molecular weight is 231 g/mol. The summed E-state index contributed by atoms with van der Waals surface area (Å²) in [4.78, 5) is 10.1. The van der Waals surface area contributed by atoms with Gasteiger partial charge in [-0.3, -0.25) is 0 Å². The van der Waals surface area contributed by atoms with E-state index in [1.165, 1.54) is 0 Å². The molecule has 0 radical (unpaired) electrons. The molecule has 0 aliphatic carbocycles. The number of hydrogen-bond donors (Lipinski definition) is 0. The van der Waals surface area contributed by atoms with Crippen molar-refractivity contribution in [3.8, 4) is 0 Å². The van der Waals surface area contributed by atoms with Gasteiger partial charge in [-0.1, -0.05) is 0 Å². The van der Waals surface area contributed by atoms with Crippen LogP contribution in [-0.4, -0.2) is 3.49 Å². The SMILES string of the molecule is C=C(C)[C](=O)[Zr+2].[Cl-].[Cl-]. The molecule has 0 unspecified atom stereocenters. The molecule has 0 aliphatic heterocycles. The maximum Gasteiger partial charge on any atom is -1.00 e. The Bertz CT molecular complexity index is 80.0. The van der Waals surface area contributed by atoms with Gasteiger partial charge >= 0.3 is 52.1 Å². The van der Waals surface area contributed by atoms with E-state index in [2.05, 4.69) is 6.58 Å². The average Bonchev–Trinajstić information content (AvgIpc) is 1.36.